The van der Waals surface area contributed by atoms with E-state index in [4.69, 9.17) is 18.9 Å². The highest BCUT2D eigenvalue weighted by Gasteiger charge is 2.43. The number of hydrogen-bond donors (Lipinski definition) is 0. The third-order valence-electron chi connectivity index (χ3n) is 5.18. The number of rotatable bonds is 4. The highest BCUT2D eigenvalue weighted by Crippen LogP contribution is 2.35. The normalized spacial score (nSPS) is 29.5. The summed E-state index contributed by atoms with van der Waals surface area (Å²) in [5, 5.41) is 0. The molecular weight excluding hydrogens is 320 g/mol. The number of fused-ring (bicyclic) bond motifs is 1. The van der Waals surface area contributed by atoms with Crippen LogP contribution in [0, 0.1) is 0 Å². The lowest BCUT2D eigenvalue weighted by atomic mass is 9.99. The van der Waals surface area contributed by atoms with Crippen LogP contribution in [0.3, 0.4) is 0 Å². The van der Waals surface area contributed by atoms with E-state index in [9.17, 15) is 0 Å². The minimum atomic E-state index is -0.159. The van der Waals surface area contributed by atoms with Crippen molar-refractivity contribution in [3.63, 3.8) is 0 Å². The molecule has 1 aromatic carbocycles. The zero-order valence-corrected chi connectivity index (χ0v) is 15.2. The van der Waals surface area contributed by atoms with Crippen LogP contribution in [-0.2, 0) is 16.0 Å². The van der Waals surface area contributed by atoms with Gasteiger partial charge in [-0.25, -0.2) is 0 Å². The average Bonchev–Trinajstić information content (AvgIpc) is 3.12. The predicted octanol–water partition coefficient (Wildman–Crippen LogP) is 1.73. The standard InChI is InChI=1S/C19H28N2O4/c1-20(2)11-16-5-6-19(25-16)12-21(7-8-22-13-19)10-15-3-4-17-18(9-15)24-14-23-17/h3-4,9,16H,5-8,10-14H2,1-2H3/t16-,19+/m0/s1. The fourth-order valence-corrected chi connectivity index (χ4v) is 4.07. The zero-order chi connectivity index (χ0) is 17.3. The van der Waals surface area contributed by atoms with Crippen LogP contribution in [0.25, 0.3) is 0 Å². The van der Waals surface area contributed by atoms with E-state index in [1.807, 2.05) is 6.07 Å². The molecular formula is C19H28N2O4. The van der Waals surface area contributed by atoms with Crippen LogP contribution in [-0.4, -0.2) is 75.2 Å². The van der Waals surface area contributed by atoms with Crippen LogP contribution >= 0.6 is 0 Å². The quantitative estimate of drug-likeness (QED) is 0.826. The first kappa shape index (κ1) is 17.1. The monoisotopic (exact) mass is 348 g/mol. The van der Waals surface area contributed by atoms with Crippen molar-refractivity contribution in [1.29, 1.82) is 0 Å². The molecule has 3 aliphatic rings. The van der Waals surface area contributed by atoms with E-state index in [0.717, 1.165) is 57.1 Å². The van der Waals surface area contributed by atoms with Gasteiger partial charge >= 0.3 is 0 Å². The van der Waals surface area contributed by atoms with Gasteiger partial charge < -0.3 is 23.8 Å². The van der Waals surface area contributed by atoms with Crippen LogP contribution < -0.4 is 9.47 Å². The predicted molar refractivity (Wildman–Crippen MR) is 94.1 cm³/mol. The van der Waals surface area contributed by atoms with Gasteiger partial charge in [0.2, 0.25) is 6.79 Å². The van der Waals surface area contributed by atoms with Gasteiger partial charge in [-0.15, -0.1) is 0 Å². The molecule has 0 aromatic heterocycles. The first-order chi connectivity index (χ1) is 12.1. The smallest absolute Gasteiger partial charge is 0.231 e. The Labute approximate surface area is 149 Å². The molecule has 6 nitrogen and oxygen atoms in total. The average molecular weight is 348 g/mol. The highest BCUT2D eigenvalue weighted by molar-refractivity contribution is 5.44. The minimum Gasteiger partial charge on any atom is -0.454 e. The van der Waals surface area contributed by atoms with Crippen LogP contribution in [0.1, 0.15) is 18.4 Å². The maximum absolute atomic E-state index is 6.47. The van der Waals surface area contributed by atoms with Crippen molar-refractivity contribution in [2.45, 2.75) is 31.1 Å². The lowest BCUT2D eigenvalue weighted by molar-refractivity contribution is -0.0902. The summed E-state index contributed by atoms with van der Waals surface area (Å²) >= 11 is 0. The Morgan fingerprint density at radius 3 is 3.00 bits per heavy atom. The lowest BCUT2D eigenvalue weighted by Gasteiger charge is -2.32. The van der Waals surface area contributed by atoms with E-state index in [0.29, 0.717) is 19.5 Å². The third kappa shape index (κ3) is 3.92. The molecule has 2 fully saturated rings. The molecule has 2 saturated heterocycles. The van der Waals surface area contributed by atoms with Gasteiger partial charge in [0, 0.05) is 26.2 Å². The molecule has 0 radical (unpaired) electrons. The second-order valence-electron chi connectivity index (χ2n) is 7.67. The Hall–Kier alpha value is -1.34. The first-order valence-electron chi connectivity index (χ1n) is 9.13. The Morgan fingerprint density at radius 2 is 2.12 bits per heavy atom. The molecule has 0 bridgehead atoms. The molecule has 0 saturated carbocycles. The summed E-state index contributed by atoms with van der Waals surface area (Å²) < 4.78 is 23.3. The van der Waals surface area contributed by atoms with E-state index in [1.54, 1.807) is 0 Å². The first-order valence-corrected chi connectivity index (χ1v) is 9.13. The second kappa shape index (κ2) is 7.11. The molecule has 1 spiro atoms. The van der Waals surface area contributed by atoms with Gasteiger partial charge in [-0.05, 0) is 44.6 Å². The molecule has 3 heterocycles. The Bertz CT molecular complexity index is 609. The summed E-state index contributed by atoms with van der Waals surface area (Å²) in [5.74, 6) is 1.69. The third-order valence-corrected chi connectivity index (χ3v) is 5.18. The van der Waals surface area contributed by atoms with Crippen molar-refractivity contribution in [1.82, 2.24) is 9.80 Å². The van der Waals surface area contributed by atoms with E-state index >= 15 is 0 Å². The van der Waals surface area contributed by atoms with Gasteiger partial charge in [-0.2, -0.15) is 0 Å². The van der Waals surface area contributed by atoms with Crippen molar-refractivity contribution >= 4 is 0 Å². The molecule has 1 aromatic rings. The molecule has 0 amide bonds. The van der Waals surface area contributed by atoms with E-state index in [2.05, 4.69) is 36.0 Å². The van der Waals surface area contributed by atoms with Crippen molar-refractivity contribution < 1.29 is 18.9 Å². The largest absolute Gasteiger partial charge is 0.454 e. The Kier molecular flexibility index (Phi) is 4.86. The summed E-state index contributed by atoms with van der Waals surface area (Å²) in [6, 6.07) is 6.21. The number of ether oxygens (including phenoxy) is 4. The van der Waals surface area contributed by atoms with Gasteiger partial charge in [0.15, 0.2) is 11.5 Å². The lowest BCUT2D eigenvalue weighted by Crippen LogP contribution is -2.45. The van der Waals surface area contributed by atoms with Crippen molar-refractivity contribution in [3.05, 3.63) is 23.8 Å². The SMILES string of the molecule is CN(C)C[C@@H]1CC[C@@]2(COCCN(Cc3ccc4c(c3)OCO4)C2)O1. The summed E-state index contributed by atoms with van der Waals surface area (Å²) in [7, 11) is 4.20. The number of hydrogen-bond acceptors (Lipinski definition) is 6. The minimum absolute atomic E-state index is 0.159. The van der Waals surface area contributed by atoms with E-state index in [-0.39, 0.29) is 5.60 Å². The molecule has 0 N–H and O–H groups in total. The van der Waals surface area contributed by atoms with Crippen LogP contribution in [0.4, 0.5) is 0 Å². The Balaban J connectivity index is 1.42. The van der Waals surface area contributed by atoms with Crippen molar-refractivity contribution in [2.24, 2.45) is 0 Å². The van der Waals surface area contributed by atoms with Crippen molar-refractivity contribution in [2.75, 3.05) is 53.7 Å². The highest BCUT2D eigenvalue weighted by atomic mass is 16.7. The number of benzene rings is 1. The summed E-state index contributed by atoms with van der Waals surface area (Å²) in [5.41, 5.74) is 1.08. The van der Waals surface area contributed by atoms with Crippen LogP contribution in [0.15, 0.2) is 18.2 Å². The molecule has 0 aliphatic carbocycles. The van der Waals surface area contributed by atoms with Crippen LogP contribution in [0.2, 0.25) is 0 Å². The fraction of sp³-hybridized carbons (Fsp3) is 0.684. The van der Waals surface area contributed by atoms with E-state index in [1.165, 1.54) is 5.56 Å². The Morgan fingerprint density at radius 1 is 1.24 bits per heavy atom. The zero-order valence-electron chi connectivity index (χ0n) is 15.2. The summed E-state index contributed by atoms with van der Waals surface area (Å²) in [4.78, 5) is 4.65. The second-order valence-corrected chi connectivity index (χ2v) is 7.67. The molecule has 138 valence electrons. The maximum atomic E-state index is 6.47. The fourth-order valence-electron chi connectivity index (χ4n) is 4.07. The van der Waals surface area contributed by atoms with Gasteiger partial charge in [-0.1, -0.05) is 6.07 Å². The molecule has 2 atom stereocenters. The topological polar surface area (TPSA) is 43.4 Å². The van der Waals surface area contributed by atoms with E-state index < -0.39 is 0 Å². The molecule has 25 heavy (non-hydrogen) atoms. The van der Waals surface area contributed by atoms with Gasteiger partial charge in [-0.3, -0.25) is 4.90 Å². The summed E-state index contributed by atoms with van der Waals surface area (Å²) in [6.07, 6.45) is 2.49. The number of likely N-dealkylation sites (N-methyl/N-ethyl adjacent to an activating group) is 1. The molecule has 4 rings (SSSR count). The maximum Gasteiger partial charge on any atom is 0.231 e. The molecule has 3 aliphatic heterocycles. The van der Waals surface area contributed by atoms with Crippen LogP contribution in [0.5, 0.6) is 11.5 Å². The molecule has 6 heteroatoms. The number of nitrogens with zero attached hydrogens (tertiary/aromatic N) is 2. The molecule has 0 unspecified atom stereocenters. The van der Waals surface area contributed by atoms with Gasteiger partial charge in [0.1, 0.15) is 5.60 Å². The van der Waals surface area contributed by atoms with Gasteiger partial charge in [0.05, 0.1) is 19.3 Å². The van der Waals surface area contributed by atoms with Gasteiger partial charge in [0.25, 0.3) is 0 Å². The van der Waals surface area contributed by atoms with Crippen molar-refractivity contribution in [3.8, 4) is 11.5 Å². The summed E-state index contributed by atoms with van der Waals surface area (Å²) in [6.45, 7) is 5.49.